The van der Waals surface area contributed by atoms with Crippen molar-refractivity contribution in [3.8, 4) is 5.75 Å². The summed E-state index contributed by atoms with van der Waals surface area (Å²) in [6.45, 7) is 5.55. The fraction of sp³-hybridized carbons (Fsp3) is 0.476. The Bertz CT molecular complexity index is 820. The summed E-state index contributed by atoms with van der Waals surface area (Å²) in [6.07, 6.45) is 3.37. The van der Waals surface area contributed by atoms with E-state index in [-0.39, 0.29) is 11.9 Å². The summed E-state index contributed by atoms with van der Waals surface area (Å²) in [7, 11) is 0. The molecule has 1 saturated carbocycles. The number of carbonyl (C=O) groups is 2. The van der Waals surface area contributed by atoms with Gasteiger partial charge in [0.1, 0.15) is 18.1 Å². The van der Waals surface area contributed by atoms with Crippen LogP contribution in [-0.2, 0) is 16.1 Å². The lowest BCUT2D eigenvalue weighted by Crippen LogP contribution is -2.40. The van der Waals surface area contributed by atoms with Crippen LogP contribution in [0.1, 0.15) is 60.0 Å². The van der Waals surface area contributed by atoms with E-state index in [0.717, 1.165) is 36.9 Å². The Kier molecular flexibility index (Phi) is 6.34. The minimum absolute atomic E-state index is 0.190. The third-order valence-electron chi connectivity index (χ3n) is 4.99. The van der Waals surface area contributed by atoms with Crippen LogP contribution in [0.3, 0.4) is 0 Å². The Morgan fingerprint density at radius 2 is 2.04 bits per heavy atom. The molecule has 1 heterocycles. The van der Waals surface area contributed by atoms with Crippen LogP contribution in [0.2, 0.25) is 0 Å². The molecule has 1 fully saturated rings. The first-order valence-corrected chi connectivity index (χ1v) is 9.60. The molecule has 150 valence electrons. The van der Waals surface area contributed by atoms with Crippen LogP contribution in [0.5, 0.6) is 5.75 Å². The zero-order valence-corrected chi connectivity index (χ0v) is 16.5. The molecule has 7 heteroatoms. The number of benzene rings is 1. The Hall–Kier alpha value is -2.83. The van der Waals surface area contributed by atoms with E-state index in [1.807, 2.05) is 13.8 Å². The van der Waals surface area contributed by atoms with Crippen molar-refractivity contribution in [2.24, 2.45) is 0 Å². The minimum atomic E-state index is -0.847. The molecule has 1 N–H and O–H groups in total. The largest absolute Gasteiger partial charge is 0.489 e. The predicted molar refractivity (Wildman–Crippen MR) is 102 cm³/mol. The van der Waals surface area contributed by atoms with E-state index >= 15 is 0 Å². The monoisotopic (exact) mass is 386 g/mol. The number of aromatic nitrogens is 1. The third kappa shape index (κ3) is 4.91. The maximum absolute atomic E-state index is 12.4. The van der Waals surface area contributed by atoms with Crippen LogP contribution in [-0.4, -0.2) is 29.2 Å². The number of esters is 1. The highest BCUT2D eigenvalue weighted by Crippen LogP contribution is 2.20. The molecule has 2 aromatic rings. The number of amides is 1. The number of nitrogens with zero attached hydrogens (tertiary/aromatic N) is 1. The molecule has 1 aliphatic carbocycles. The van der Waals surface area contributed by atoms with Gasteiger partial charge in [-0.1, -0.05) is 24.1 Å². The molecule has 0 saturated heterocycles. The zero-order valence-electron chi connectivity index (χ0n) is 16.5. The van der Waals surface area contributed by atoms with Gasteiger partial charge in [0.25, 0.3) is 5.91 Å². The SMILES string of the molecule is Cc1noc(C)c1COc1cccc(C(=O)OC(C)C(=O)NC2CCCC2)c1. The lowest BCUT2D eigenvalue weighted by Gasteiger charge is -2.17. The predicted octanol–water partition coefficient (Wildman–Crippen LogP) is 3.47. The average Bonchev–Trinajstić information content (AvgIpc) is 3.30. The summed E-state index contributed by atoms with van der Waals surface area (Å²) in [5.41, 5.74) is 1.98. The van der Waals surface area contributed by atoms with Gasteiger partial charge in [0.15, 0.2) is 6.10 Å². The van der Waals surface area contributed by atoms with Gasteiger partial charge < -0.3 is 19.3 Å². The molecule has 0 radical (unpaired) electrons. The van der Waals surface area contributed by atoms with E-state index in [9.17, 15) is 9.59 Å². The van der Waals surface area contributed by atoms with Gasteiger partial charge in [-0.3, -0.25) is 4.79 Å². The molecule has 0 spiro atoms. The van der Waals surface area contributed by atoms with Gasteiger partial charge >= 0.3 is 5.97 Å². The highest BCUT2D eigenvalue weighted by Gasteiger charge is 2.23. The summed E-state index contributed by atoms with van der Waals surface area (Å²) in [5, 5.41) is 6.83. The van der Waals surface area contributed by atoms with Crippen molar-refractivity contribution in [2.45, 2.75) is 65.2 Å². The number of hydrogen-bond donors (Lipinski definition) is 1. The summed E-state index contributed by atoms with van der Waals surface area (Å²) in [5.74, 6) is 0.413. The summed E-state index contributed by atoms with van der Waals surface area (Å²) >= 11 is 0. The highest BCUT2D eigenvalue weighted by atomic mass is 16.5. The molecule has 7 nitrogen and oxygen atoms in total. The highest BCUT2D eigenvalue weighted by molar-refractivity contribution is 5.92. The van der Waals surface area contributed by atoms with Gasteiger partial charge in [0.05, 0.1) is 16.8 Å². The second-order valence-electron chi connectivity index (χ2n) is 7.16. The standard InChI is InChI=1S/C21H26N2O5/c1-13-19(14(2)28-23-13)12-26-18-10-6-7-16(11-18)21(25)27-15(3)20(24)22-17-8-4-5-9-17/h6-7,10-11,15,17H,4-5,8-9,12H2,1-3H3,(H,22,24). The van der Waals surface area contributed by atoms with Gasteiger partial charge in [-0.25, -0.2) is 4.79 Å². The van der Waals surface area contributed by atoms with E-state index in [0.29, 0.717) is 23.7 Å². The number of ether oxygens (including phenoxy) is 2. The van der Waals surface area contributed by atoms with Crippen molar-refractivity contribution >= 4 is 11.9 Å². The maximum Gasteiger partial charge on any atom is 0.339 e. The molecule has 3 rings (SSSR count). The zero-order chi connectivity index (χ0) is 20.1. The maximum atomic E-state index is 12.4. The Labute approximate surface area is 164 Å². The normalized spacial score (nSPS) is 15.2. The molecule has 0 aliphatic heterocycles. The quantitative estimate of drug-likeness (QED) is 0.733. The Morgan fingerprint density at radius 3 is 2.71 bits per heavy atom. The first-order chi connectivity index (χ1) is 13.4. The lowest BCUT2D eigenvalue weighted by molar-refractivity contribution is -0.129. The topological polar surface area (TPSA) is 90.7 Å². The first kappa shape index (κ1) is 19.9. The fourth-order valence-corrected chi connectivity index (χ4v) is 3.25. The van der Waals surface area contributed by atoms with Crippen molar-refractivity contribution in [2.75, 3.05) is 0 Å². The second kappa shape index (κ2) is 8.91. The number of aryl methyl sites for hydroxylation is 2. The van der Waals surface area contributed by atoms with Crippen LogP contribution in [0.15, 0.2) is 28.8 Å². The molecule has 1 aromatic heterocycles. The van der Waals surface area contributed by atoms with Crippen molar-refractivity contribution in [3.05, 3.63) is 46.8 Å². The number of nitrogens with one attached hydrogen (secondary N) is 1. The van der Waals surface area contributed by atoms with Crippen molar-refractivity contribution in [1.82, 2.24) is 10.5 Å². The second-order valence-corrected chi connectivity index (χ2v) is 7.16. The van der Waals surface area contributed by atoms with E-state index in [2.05, 4.69) is 10.5 Å². The van der Waals surface area contributed by atoms with Crippen LogP contribution in [0.25, 0.3) is 0 Å². The molecule has 1 aliphatic rings. The van der Waals surface area contributed by atoms with E-state index < -0.39 is 12.1 Å². The van der Waals surface area contributed by atoms with E-state index in [4.69, 9.17) is 14.0 Å². The Morgan fingerprint density at radius 1 is 1.29 bits per heavy atom. The molecule has 1 unspecified atom stereocenters. The average molecular weight is 386 g/mol. The fourth-order valence-electron chi connectivity index (χ4n) is 3.25. The van der Waals surface area contributed by atoms with Gasteiger partial charge in [0, 0.05) is 6.04 Å². The summed E-state index contributed by atoms with van der Waals surface area (Å²) < 4.78 is 16.2. The number of rotatable bonds is 7. The van der Waals surface area contributed by atoms with Crippen LogP contribution >= 0.6 is 0 Å². The van der Waals surface area contributed by atoms with E-state index in [1.165, 1.54) is 0 Å². The van der Waals surface area contributed by atoms with Crippen LogP contribution < -0.4 is 10.1 Å². The van der Waals surface area contributed by atoms with Gasteiger partial charge in [-0.2, -0.15) is 0 Å². The lowest BCUT2D eigenvalue weighted by atomic mass is 10.2. The summed E-state index contributed by atoms with van der Waals surface area (Å²) in [6, 6.07) is 6.89. The molecule has 1 amide bonds. The number of carbonyl (C=O) groups excluding carboxylic acids is 2. The smallest absolute Gasteiger partial charge is 0.339 e. The molecular formula is C21H26N2O5. The van der Waals surface area contributed by atoms with E-state index in [1.54, 1.807) is 31.2 Å². The van der Waals surface area contributed by atoms with Crippen LogP contribution in [0, 0.1) is 13.8 Å². The molecule has 1 atom stereocenters. The number of hydrogen-bond acceptors (Lipinski definition) is 6. The van der Waals surface area contributed by atoms with Crippen molar-refractivity contribution < 1.29 is 23.6 Å². The first-order valence-electron chi connectivity index (χ1n) is 9.60. The van der Waals surface area contributed by atoms with Gasteiger partial charge in [0.2, 0.25) is 0 Å². The Balaban J connectivity index is 1.56. The third-order valence-corrected chi connectivity index (χ3v) is 4.99. The minimum Gasteiger partial charge on any atom is -0.489 e. The van der Waals surface area contributed by atoms with Crippen molar-refractivity contribution in [3.63, 3.8) is 0 Å². The summed E-state index contributed by atoms with van der Waals surface area (Å²) in [4.78, 5) is 24.6. The van der Waals surface area contributed by atoms with Gasteiger partial charge in [-0.15, -0.1) is 0 Å². The van der Waals surface area contributed by atoms with Gasteiger partial charge in [-0.05, 0) is 51.8 Å². The molecule has 28 heavy (non-hydrogen) atoms. The molecule has 0 bridgehead atoms. The molecular weight excluding hydrogens is 360 g/mol. The van der Waals surface area contributed by atoms with Crippen LogP contribution in [0.4, 0.5) is 0 Å². The molecule has 1 aromatic carbocycles. The van der Waals surface area contributed by atoms with Crippen molar-refractivity contribution in [1.29, 1.82) is 0 Å².